The van der Waals surface area contributed by atoms with Crippen molar-refractivity contribution >= 4 is 6.29 Å². The Bertz CT molecular complexity index is 354. The first-order valence-electron chi connectivity index (χ1n) is 5.99. The number of carbonyl (C=O) groups excluding carboxylic acids is 1. The molecule has 0 aromatic rings. The summed E-state index contributed by atoms with van der Waals surface area (Å²) in [5.74, 6) is 0. The third kappa shape index (κ3) is 3.19. The molecule has 1 aliphatic carbocycles. The van der Waals surface area contributed by atoms with Crippen LogP contribution in [0.4, 0.5) is 0 Å². The molecule has 0 aromatic carbocycles. The van der Waals surface area contributed by atoms with Crippen molar-refractivity contribution in [3.05, 3.63) is 34.9 Å². The molecule has 0 amide bonds. The Kier molecular flexibility index (Phi) is 4.28. The van der Waals surface area contributed by atoms with Crippen LogP contribution in [-0.4, -0.2) is 6.29 Å². The fourth-order valence-corrected chi connectivity index (χ4v) is 2.06. The predicted molar refractivity (Wildman–Crippen MR) is 69.3 cm³/mol. The molecule has 0 aromatic heterocycles. The minimum absolute atomic E-state index is 0.279. The zero-order valence-electron chi connectivity index (χ0n) is 10.8. The summed E-state index contributed by atoms with van der Waals surface area (Å²) in [5.41, 5.74) is 3.93. The van der Waals surface area contributed by atoms with E-state index in [1.807, 2.05) is 6.92 Å². The van der Waals surface area contributed by atoms with Crippen LogP contribution >= 0.6 is 0 Å². The largest absolute Gasteiger partial charge is 0.299 e. The summed E-state index contributed by atoms with van der Waals surface area (Å²) in [4.78, 5) is 10.4. The van der Waals surface area contributed by atoms with Gasteiger partial charge in [-0.25, -0.2) is 0 Å². The van der Waals surface area contributed by atoms with E-state index in [9.17, 15) is 4.79 Å². The lowest BCUT2D eigenvalue weighted by Gasteiger charge is -2.30. The van der Waals surface area contributed by atoms with Crippen molar-refractivity contribution in [1.82, 2.24) is 0 Å². The minimum Gasteiger partial charge on any atom is -0.299 e. The monoisotopic (exact) mass is 218 g/mol. The summed E-state index contributed by atoms with van der Waals surface area (Å²) in [5, 5.41) is 0. The molecule has 0 N–H and O–H groups in total. The third-order valence-corrected chi connectivity index (χ3v) is 3.46. The molecular weight excluding hydrogens is 196 g/mol. The topological polar surface area (TPSA) is 17.1 Å². The molecule has 0 spiro atoms. The number of allylic oxidation sites excluding steroid dienone is 6. The van der Waals surface area contributed by atoms with Crippen LogP contribution < -0.4 is 0 Å². The van der Waals surface area contributed by atoms with Crippen LogP contribution in [0.15, 0.2) is 34.9 Å². The standard InChI is InChI=1S/C15H22O/c1-12(8-10-16)13(2)11-14-7-5-6-9-15(14,3)4/h7-8,10-11H,5-6,9H2,1-4H3/b12-8+,13-11+. The van der Waals surface area contributed by atoms with E-state index in [-0.39, 0.29) is 5.41 Å². The first-order chi connectivity index (χ1) is 7.47. The Hall–Kier alpha value is -1.11. The van der Waals surface area contributed by atoms with E-state index < -0.39 is 0 Å². The fraction of sp³-hybridized carbons (Fsp3) is 0.533. The summed E-state index contributed by atoms with van der Waals surface area (Å²) in [7, 11) is 0. The normalized spacial score (nSPS) is 21.6. The lowest BCUT2D eigenvalue weighted by molar-refractivity contribution is -0.104. The maximum absolute atomic E-state index is 10.4. The van der Waals surface area contributed by atoms with Crippen molar-refractivity contribution in [3.63, 3.8) is 0 Å². The van der Waals surface area contributed by atoms with Gasteiger partial charge in [0.2, 0.25) is 0 Å². The van der Waals surface area contributed by atoms with Gasteiger partial charge in [0.25, 0.3) is 0 Å². The number of rotatable bonds is 3. The van der Waals surface area contributed by atoms with Gasteiger partial charge >= 0.3 is 0 Å². The van der Waals surface area contributed by atoms with Crippen LogP contribution in [0.1, 0.15) is 47.0 Å². The number of carbonyl (C=O) groups is 1. The van der Waals surface area contributed by atoms with Gasteiger partial charge in [-0.05, 0) is 61.3 Å². The Morgan fingerprint density at radius 3 is 2.56 bits per heavy atom. The average Bonchev–Trinajstić information content (AvgIpc) is 2.21. The number of hydrogen-bond acceptors (Lipinski definition) is 1. The van der Waals surface area contributed by atoms with E-state index in [0.717, 1.165) is 11.9 Å². The fourth-order valence-electron chi connectivity index (χ4n) is 2.06. The van der Waals surface area contributed by atoms with Crippen molar-refractivity contribution in [2.45, 2.75) is 47.0 Å². The summed E-state index contributed by atoms with van der Waals surface area (Å²) < 4.78 is 0. The maximum atomic E-state index is 10.4. The summed E-state index contributed by atoms with van der Waals surface area (Å²) in [6.45, 7) is 8.64. The zero-order chi connectivity index (χ0) is 12.2. The van der Waals surface area contributed by atoms with Crippen LogP contribution in [0, 0.1) is 5.41 Å². The van der Waals surface area contributed by atoms with E-state index >= 15 is 0 Å². The molecule has 0 atom stereocenters. The van der Waals surface area contributed by atoms with Gasteiger partial charge in [-0.2, -0.15) is 0 Å². The molecule has 0 saturated heterocycles. The first-order valence-corrected chi connectivity index (χ1v) is 5.99. The smallest absolute Gasteiger partial charge is 0.143 e. The highest BCUT2D eigenvalue weighted by Gasteiger charge is 2.23. The lowest BCUT2D eigenvalue weighted by Crippen LogP contribution is -2.17. The van der Waals surface area contributed by atoms with Gasteiger partial charge in [0, 0.05) is 0 Å². The zero-order valence-corrected chi connectivity index (χ0v) is 10.8. The second-order valence-corrected chi connectivity index (χ2v) is 5.25. The van der Waals surface area contributed by atoms with Gasteiger partial charge < -0.3 is 0 Å². The van der Waals surface area contributed by atoms with Gasteiger partial charge in [-0.15, -0.1) is 0 Å². The predicted octanol–water partition coefficient (Wildman–Crippen LogP) is 4.21. The lowest BCUT2D eigenvalue weighted by atomic mass is 9.75. The maximum Gasteiger partial charge on any atom is 0.143 e. The SMILES string of the molecule is CC(=C\C=O)/C(C)=C/C1=CCCCC1(C)C. The first kappa shape index (κ1) is 13.0. The molecule has 0 heterocycles. The molecule has 0 saturated carbocycles. The average molecular weight is 218 g/mol. The summed E-state index contributed by atoms with van der Waals surface area (Å²) in [6.07, 6.45) is 10.8. The molecule has 1 rings (SSSR count). The van der Waals surface area contributed by atoms with E-state index in [2.05, 4.69) is 32.9 Å². The quantitative estimate of drug-likeness (QED) is 0.394. The second-order valence-electron chi connectivity index (χ2n) is 5.25. The van der Waals surface area contributed by atoms with Crippen molar-refractivity contribution in [1.29, 1.82) is 0 Å². The number of aldehydes is 1. The third-order valence-electron chi connectivity index (χ3n) is 3.46. The van der Waals surface area contributed by atoms with E-state index in [0.29, 0.717) is 0 Å². The molecule has 88 valence electrons. The van der Waals surface area contributed by atoms with Crippen molar-refractivity contribution in [2.24, 2.45) is 5.41 Å². The molecule has 1 aliphatic rings. The Morgan fingerprint density at radius 1 is 1.31 bits per heavy atom. The summed E-state index contributed by atoms with van der Waals surface area (Å²) >= 11 is 0. The van der Waals surface area contributed by atoms with Crippen molar-refractivity contribution in [3.8, 4) is 0 Å². The highest BCUT2D eigenvalue weighted by atomic mass is 16.1. The molecular formula is C15H22O. The molecule has 0 bridgehead atoms. The molecule has 1 nitrogen and oxygen atoms in total. The van der Waals surface area contributed by atoms with Crippen LogP contribution in [0.25, 0.3) is 0 Å². The molecule has 1 heteroatoms. The van der Waals surface area contributed by atoms with Crippen LogP contribution in [0.3, 0.4) is 0 Å². The Balaban J connectivity index is 2.94. The Morgan fingerprint density at radius 2 is 2.00 bits per heavy atom. The van der Waals surface area contributed by atoms with Crippen molar-refractivity contribution in [2.75, 3.05) is 0 Å². The molecule has 0 unspecified atom stereocenters. The highest BCUT2D eigenvalue weighted by molar-refractivity contribution is 5.67. The molecule has 16 heavy (non-hydrogen) atoms. The molecule has 0 aliphatic heterocycles. The van der Waals surface area contributed by atoms with Crippen molar-refractivity contribution < 1.29 is 4.79 Å². The van der Waals surface area contributed by atoms with E-state index in [1.165, 1.54) is 30.4 Å². The van der Waals surface area contributed by atoms with Gasteiger partial charge in [-0.3, -0.25) is 4.79 Å². The van der Waals surface area contributed by atoms with Gasteiger partial charge in [0.05, 0.1) is 0 Å². The van der Waals surface area contributed by atoms with Crippen LogP contribution in [-0.2, 0) is 4.79 Å². The second kappa shape index (κ2) is 5.29. The highest BCUT2D eigenvalue weighted by Crippen LogP contribution is 2.38. The van der Waals surface area contributed by atoms with Crippen LogP contribution in [0.2, 0.25) is 0 Å². The molecule has 0 radical (unpaired) electrons. The number of hydrogen-bond donors (Lipinski definition) is 0. The van der Waals surface area contributed by atoms with Gasteiger partial charge in [0.15, 0.2) is 0 Å². The Labute approximate surface area is 98.9 Å². The summed E-state index contributed by atoms with van der Waals surface area (Å²) in [6, 6.07) is 0. The van der Waals surface area contributed by atoms with Gasteiger partial charge in [-0.1, -0.05) is 26.0 Å². The molecule has 0 fully saturated rings. The van der Waals surface area contributed by atoms with Crippen LogP contribution in [0.5, 0.6) is 0 Å². The van der Waals surface area contributed by atoms with E-state index in [1.54, 1.807) is 6.08 Å². The van der Waals surface area contributed by atoms with E-state index in [4.69, 9.17) is 0 Å². The van der Waals surface area contributed by atoms with Gasteiger partial charge in [0.1, 0.15) is 6.29 Å². The minimum atomic E-state index is 0.279.